The van der Waals surface area contributed by atoms with Crippen LogP contribution in [-0.2, 0) is 14.8 Å². The van der Waals surface area contributed by atoms with Crippen LogP contribution in [0.1, 0.15) is 0 Å². The molecular weight excluding hydrogens is 358 g/mol. The molecule has 112 valence electrons. The fourth-order valence-electron chi connectivity index (χ4n) is 1.27. The molecule has 0 saturated heterocycles. The predicted octanol–water partition coefficient (Wildman–Crippen LogP) is 2.17. The summed E-state index contributed by atoms with van der Waals surface area (Å²) in [5.74, 6) is -1.17. The van der Waals surface area contributed by atoms with E-state index in [0.717, 1.165) is 23.1 Å². The van der Waals surface area contributed by atoms with Crippen LogP contribution in [0, 0.1) is 0 Å². The van der Waals surface area contributed by atoms with Gasteiger partial charge in [0.1, 0.15) is 4.90 Å². The first-order valence-electron chi connectivity index (χ1n) is 5.34. The molecule has 0 fully saturated rings. The molecule has 0 atom stereocenters. The molecule has 2 rings (SSSR count). The second-order valence-electron chi connectivity index (χ2n) is 3.59. The lowest BCUT2D eigenvalue weighted by Gasteiger charge is -2.05. The van der Waals surface area contributed by atoms with Crippen LogP contribution in [0.2, 0.25) is 5.02 Å². The summed E-state index contributed by atoms with van der Waals surface area (Å²) in [4.78, 5) is 10.4. The molecule has 0 unspecified atom stereocenters. The minimum Gasteiger partial charge on any atom is -0.481 e. The molecule has 11 heteroatoms. The lowest BCUT2D eigenvalue weighted by Crippen LogP contribution is -2.13. The standard InChI is InChI=1S/C10H8ClN3O4S3/c11-6-3-1-2-4-7(6)21(17,18)14-9-12-13-10(20-9)19-5-8(15)16/h1-4H,5H2,(H,12,14)(H,15,16). The fourth-order valence-corrected chi connectivity index (χ4v) is 4.49. The van der Waals surface area contributed by atoms with E-state index in [4.69, 9.17) is 16.7 Å². The van der Waals surface area contributed by atoms with Crippen molar-refractivity contribution in [2.75, 3.05) is 10.5 Å². The van der Waals surface area contributed by atoms with Crippen LogP contribution in [0.3, 0.4) is 0 Å². The van der Waals surface area contributed by atoms with Gasteiger partial charge < -0.3 is 5.11 Å². The van der Waals surface area contributed by atoms with Gasteiger partial charge in [0.2, 0.25) is 5.13 Å². The number of carboxylic acids is 1. The Morgan fingerprint density at radius 3 is 2.76 bits per heavy atom. The molecule has 1 aromatic carbocycles. The van der Waals surface area contributed by atoms with E-state index in [1.807, 2.05) is 0 Å². The van der Waals surface area contributed by atoms with E-state index >= 15 is 0 Å². The van der Waals surface area contributed by atoms with Gasteiger partial charge in [0.05, 0.1) is 10.8 Å². The summed E-state index contributed by atoms with van der Waals surface area (Å²) >= 11 is 7.75. The van der Waals surface area contributed by atoms with Gasteiger partial charge in [-0.1, -0.05) is 46.8 Å². The Bertz CT molecular complexity index is 762. The van der Waals surface area contributed by atoms with Crippen molar-refractivity contribution >= 4 is 55.8 Å². The predicted molar refractivity (Wildman–Crippen MR) is 80.5 cm³/mol. The van der Waals surface area contributed by atoms with Gasteiger partial charge in [-0.2, -0.15) is 0 Å². The molecular formula is C10H8ClN3O4S3. The van der Waals surface area contributed by atoms with Crippen LogP contribution in [0.4, 0.5) is 5.13 Å². The van der Waals surface area contributed by atoms with Gasteiger partial charge in [-0.25, -0.2) is 8.42 Å². The van der Waals surface area contributed by atoms with Gasteiger partial charge in [-0.3, -0.25) is 9.52 Å². The second-order valence-corrected chi connectivity index (χ2v) is 7.85. The van der Waals surface area contributed by atoms with Crippen molar-refractivity contribution in [2.45, 2.75) is 9.24 Å². The zero-order valence-electron chi connectivity index (χ0n) is 10.2. The van der Waals surface area contributed by atoms with Crippen LogP contribution >= 0.6 is 34.7 Å². The normalized spacial score (nSPS) is 11.3. The number of aromatic nitrogens is 2. The molecule has 2 N–H and O–H groups in total. The first-order valence-corrected chi connectivity index (χ1v) is 9.00. The van der Waals surface area contributed by atoms with Crippen LogP contribution in [0.5, 0.6) is 0 Å². The Morgan fingerprint density at radius 2 is 2.10 bits per heavy atom. The number of aliphatic carboxylic acids is 1. The second kappa shape index (κ2) is 6.60. The third kappa shape index (κ3) is 4.30. The number of nitrogens with zero attached hydrogens (tertiary/aromatic N) is 2. The maximum Gasteiger partial charge on any atom is 0.313 e. The van der Waals surface area contributed by atoms with E-state index in [2.05, 4.69) is 14.9 Å². The largest absolute Gasteiger partial charge is 0.481 e. The Labute approximate surface area is 133 Å². The molecule has 0 aliphatic heterocycles. The van der Waals surface area contributed by atoms with Gasteiger partial charge in [0, 0.05) is 0 Å². The maximum atomic E-state index is 12.1. The van der Waals surface area contributed by atoms with E-state index in [0.29, 0.717) is 4.34 Å². The minimum atomic E-state index is -3.86. The number of thioether (sulfide) groups is 1. The summed E-state index contributed by atoms with van der Waals surface area (Å²) in [6, 6.07) is 6.00. The van der Waals surface area contributed by atoms with Crippen LogP contribution in [0.25, 0.3) is 0 Å². The summed E-state index contributed by atoms with van der Waals surface area (Å²) in [6.07, 6.45) is 0. The monoisotopic (exact) mass is 365 g/mol. The van der Waals surface area contributed by atoms with Crippen LogP contribution in [-0.4, -0.2) is 35.4 Å². The molecule has 7 nitrogen and oxygen atoms in total. The number of anilines is 1. The fraction of sp³-hybridized carbons (Fsp3) is 0.100. The lowest BCUT2D eigenvalue weighted by atomic mass is 10.4. The van der Waals surface area contributed by atoms with Crippen molar-refractivity contribution in [3.8, 4) is 0 Å². The number of carboxylic acid groups (broad SMARTS) is 1. The lowest BCUT2D eigenvalue weighted by molar-refractivity contribution is -0.133. The van der Waals surface area contributed by atoms with Crippen molar-refractivity contribution in [3.63, 3.8) is 0 Å². The van der Waals surface area contributed by atoms with Crippen LogP contribution in [0.15, 0.2) is 33.5 Å². The SMILES string of the molecule is O=C(O)CSc1nnc(NS(=O)(=O)c2ccccc2Cl)s1. The highest BCUT2D eigenvalue weighted by Crippen LogP contribution is 2.28. The van der Waals surface area contributed by atoms with Gasteiger partial charge in [-0.05, 0) is 12.1 Å². The zero-order chi connectivity index (χ0) is 15.5. The summed E-state index contributed by atoms with van der Waals surface area (Å²) in [6.45, 7) is 0. The number of benzene rings is 1. The van der Waals surface area contributed by atoms with Crippen molar-refractivity contribution in [2.24, 2.45) is 0 Å². The summed E-state index contributed by atoms with van der Waals surface area (Å²) in [7, 11) is -3.86. The molecule has 21 heavy (non-hydrogen) atoms. The molecule has 0 saturated carbocycles. The number of hydrogen-bond donors (Lipinski definition) is 2. The minimum absolute atomic E-state index is 0.0443. The summed E-state index contributed by atoms with van der Waals surface area (Å²) in [5, 5.41) is 16.0. The Balaban J connectivity index is 2.14. The van der Waals surface area contributed by atoms with Crippen molar-refractivity contribution in [1.82, 2.24) is 10.2 Å². The Kier molecular flexibility index (Phi) is 5.04. The number of carbonyl (C=O) groups is 1. The van der Waals surface area contributed by atoms with Gasteiger partial charge in [-0.15, -0.1) is 10.2 Å². The third-order valence-electron chi connectivity index (χ3n) is 2.07. The number of sulfonamides is 1. The zero-order valence-corrected chi connectivity index (χ0v) is 13.4. The number of hydrogen-bond acceptors (Lipinski definition) is 7. The van der Waals surface area contributed by atoms with E-state index in [1.165, 1.54) is 12.1 Å². The number of nitrogens with one attached hydrogen (secondary N) is 1. The topological polar surface area (TPSA) is 109 Å². The van der Waals surface area contributed by atoms with E-state index < -0.39 is 16.0 Å². The van der Waals surface area contributed by atoms with Gasteiger partial charge >= 0.3 is 5.97 Å². The Hall–Kier alpha value is -1.36. The number of halogens is 1. The molecule has 0 amide bonds. The average Bonchev–Trinajstić information content (AvgIpc) is 2.83. The molecule has 0 aliphatic rings. The molecule has 1 aromatic heterocycles. The molecule has 1 heterocycles. The van der Waals surface area contributed by atoms with E-state index in [-0.39, 0.29) is 20.8 Å². The smallest absolute Gasteiger partial charge is 0.313 e. The van der Waals surface area contributed by atoms with Crippen LogP contribution < -0.4 is 4.72 Å². The van der Waals surface area contributed by atoms with Gasteiger partial charge in [0.15, 0.2) is 4.34 Å². The van der Waals surface area contributed by atoms with Crippen molar-refractivity contribution < 1.29 is 18.3 Å². The molecule has 0 spiro atoms. The maximum absolute atomic E-state index is 12.1. The molecule has 0 aliphatic carbocycles. The first kappa shape index (κ1) is 16.0. The average molecular weight is 366 g/mol. The quantitative estimate of drug-likeness (QED) is 0.755. The first-order chi connectivity index (χ1) is 9.88. The summed E-state index contributed by atoms with van der Waals surface area (Å²) in [5.41, 5.74) is 0. The van der Waals surface area contributed by atoms with Crippen molar-refractivity contribution in [3.05, 3.63) is 29.3 Å². The number of rotatable bonds is 6. The molecule has 2 aromatic rings. The molecule has 0 bridgehead atoms. The van der Waals surface area contributed by atoms with E-state index in [9.17, 15) is 13.2 Å². The highest BCUT2D eigenvalue weighted by Gasteiger charge is 2.19. The third-order valence-corrected chi connectivity index (χ3v) is 6.00. The van der Waals surface area contributed by atoms with Gasteiger partial charge in [0.25, 0.3) is 10.0 Å². The summed E-state index contributed by atoms with van der Waals surface area (Å²) < 4.78 is 26.9. The molecule has 0 radical (unpaired) electrons. The highest BCUT2D eigenvalue weighted by molar-refractivity contribution is 8.01. The van der Waals surface area contributed by atoms with Crippen molar-refractivity contribution in [1.29, 1.82) is 0 Å². The Morgan fingerprint density at radius 1 is 1.38 bits per heavy atom. The highest BCUT2D eigenvalue weighted by atomic mass is 35.5. The van der Waals surface area contributed by atoms with E-state index in [1.54, 1.807) is 12.1 Å².